The van der Waals surface area contributed by atoms with Crippen LogP contribution in [-0.4, -0.2) is 35.4 Å². The summed E-state index contributed by atoms with van der Waals surface area (Å²) in [6.07, 6.45) is 3.10. The standard InChI is InChI=1S/C26H18N2O6/c1-31-18-6-2-5-16(13-18)21(29)15-34-26(30)17-9-10-19-20(14-17)28-25(23-8-4-12-33-23)24(27-19)22-7-3-11-32-22/h2-14H,15H2,1H3. The van der Waals surface area contributed by atoms with Gasteiger partial charge in [0.05, 0.1) is 36.2 Å². The number of hydrogen-bond acceptors (Lipinski definition) is 8. The minimum Gasteiger partial charge on any atom is -0.497 e. The number of rotatable bonds is 7. The number of aromatic nitrogens is 2. The first-order chi connectivity index (χ1) is 16.6. The number of furan rings is 2. The van der Waals surface area contributed by atoms with Gasteiger partial charge in [-0.1, -0.05) is 12.1 Å². The summed E-state index contributed by atoms with van der Waals surface area (Å²) in [5.74, 6) is 0.621. The Labute approximate surface area is 193 Å². The van der Waals surface area contributed by atoms with Crippen molar-refractivity contribution >= 4 is 22.8 Å². The third-order valence-corrected chi connectivity index (χ3v) is 5.14. The van der Waals surface area contributed by atoms with Crippen molar-refractivity contribution in [2.75, 3.05) is 13.7 Å². The fourth-order valence-corrected chi connectivity index (χ4v) is 3.45. The van der Waals surface area contributed by atoms with Gasteiger partial charge in [-0.2, -0.15) is 0 Å². The van der Waals surface area contributed by atoms with Crippen LogP contribution in [-0.2, 0) is 4.74 Å². The van der Waals surface area contributed by atoms with Crippen LogP contribution in [0.3, 0.4) is 0 Å². The molecule has 0 amide bonds. The van der Waals surface area contributed by atoms with Gasteiger partial charge < -0.3 is 18.3 Å². The number of ketones is 1. The monoisotopic (exact) mass is 454 g/mol. The molecule has 5 rings (SSSR count). The van der Waals surface area contributed by atoms with E-state index in [1.54, 1.807) is 79.3 Å². The van der Waals surface area contributed by atoms with Crippen molar-refractivity contribution < 1.29 is 27.9 Å². The zero-order valence-corrected chi connectivity index (χ0v) is 18.1. The summed E-state index contributed by atoms with van der Waals surface area (Å²) in [6.45, 7) is -0.398. The molecule has 0 unspecified atom stereocenters. The second-order valence-corrected chi connectivity index (χ2v) is 7.31. The maximum absolute atomic E-state index is 12.6. The smallest absolute Gasteiger partial charge is 0.338 e. The molecule has 3 aromatic heterocycles. The van der Waals surface area contributed by atoms with Crippen LogP contribution in [0.1, 0.15) is 20.7 Å². The first-order valence-electron chi connectivity index (χ1n) is 10.4. The Bertz CT molecular complexity index is 1470. The minimum absolute atomic E-state index is 0.247. The van der Waals surface area contributed by atoms with E-state index in [-0.39, 0.29) is 11.3 Å². The van der Waals surface area contributed by atoms with Crippen molar-refractivity contribution in [1.82, 2.24) is 9.97 Å². The SMILES string of the molecule is COc1cccc(C(=O)COC(=O)c2ccc3nc(-c4ccco4)c(-c4ccco4)nc3c2)c1. The topological polar surface area (TPSA) is 105 Å². The van der Waals surface area contributed by atoms with E-state index >= 15 is 0 Å². The van der Waals surface area contributed by atoms with Crippen LogP contribution in [0.5, 0.6) is 5.75 Å². The first kappa shape index (κ1) is 21.1. The third kappa shape index (κ3) is 4.16. The van der Waals surface area contributed by atoms with Crippen molar-refractivity contribution in [3.8, 4) is 28.7 Å². The molecule has 0 aliphatic carbocycles. The summed E-state index contributed by atoms with van der Waals surface area (Å²) < 4.78 is 21.4. The molecule has 0 aliphatic rings. The molecule has 0 bridgehead atoms. The van der Waals surface area contributed by atoms with Gasteiger partial charge in [-0.3, -0.25) is 4.79 Å². The van der Waals surface area contributed by atoms with Gasteiger partial charge in [0.1, 0.15) is 17.1 Å². The molecule has 34 heavy (non-hydrogen) atoms. The van der Waals surface area contributed by atoms with E-state index < -0.39 is 12.6 Å². The number of carbonyl (C=O) groups excluding carboxylic acids is 2. The van der Waals surface area contributed by atoms with Gasteiger partial charge in [-0.15, -0.1) is 0 Å². The van der Waals surface area contributed by atoms with Crippen LogP contribution < -0.4 is 4.74 Å². The molecule has 0 fully saturated rings. The zero-order valence-electron chi connectivity index (χ0n) is 18.1. The molecule has 3 heterocycles. The van der Waals surface area contributed by atoms with Crippen molar-refractivity contribution in [2.45, 2.75) is 0 Å². The molecule has 0 atom stereocenters. The Kier molecular flexibility index (Phi) is 5.61. The lowest BCUT2D eigenvalue weighted by atomic mass is 10.1. The third-order valence-electron chi connectivity index (χ3n) is 5.14. The maximum Gasteiger partial charge on any atom is 0.338 e. The van der Waals surface area contributed by atoms with Crippen molar-refractivity contribution in [2.24, 2.45) is 0 Å². The highest BCUT2D eigenvalue weighted by atomic mass is 16.5. The Hall–Kier alpha value is -4.72. The number of methoxy groups -OCH3 is 1. The summed E-state index contributed by atoms with van der Waals surface area (Å²) in [7, 11) is 1.51. The van der Waals surface area contributed by atoms with E-state index in [4.69, 9.17) is 18.3 Å². The lowest BCUT2D eigenvalue weighted by molar-refractivity contribution is 0.0475. The second kappa shape index (κ2) is 9.03. The molecule has 0 radical (unpaired) electrons. The lowest BCUT2D eigenvalue weighted by Gasteiger charge is -2.08. The average Bonchev–Trinajstić information content (AvgIpc) is 3.61. The number of benzene rings is 2. The number of Topliss-reactive ketones (excluding diaryl/α,β-unsaturated/α-hetero) is 1. The van der Waals surface area contributed by atoms with E-state index in [0.29, 0.717) is 45.3 Å². The highest BCUT2D eigenvalue weighted by Crippen LogP contribution is 2.31. The van der Waals surface area contributed by atoms with E-state index in [2.05, 4.69) is 9.97 Å². The molecule has 0 aliphatic heterocycles. The predicted molar refractivity (Wildman–Crippen MR) is 123 cm³/mol. The van der Waals surface area contributed by atoms with Crippen molar-refractivity contribution in [3.63, 3.8) is 0 Å². The summed E-state index contributed by atoms with van der Waals surface area (Å²) in [5.41, 5.74) is 2.67. The van der Waals surface area contributed by atoms with Gasteiger partial charge in [-0.25, -0.2) is 14.8 Å². The Morgan fingerprint density at radius 1 is 0.794 bits per heavy atom. The lowest BCUT2D eigenvalue weighted by Crippen LogP contribution is -2.14. The predicted octanol–water partition coefficient (Wildman–Crippen LogP) is 5.20. The molecule has 0 saturated heterocycles. The van der Waals surface area contributed by atoms with Crippen LogP contribution in [0, 0.1) is 0 Å². The number of ether oxygens (including phenoxy) is 2. The van der Waals surface area contributed by atoms with Gasteiger partial charge in [0.15, 0.2) is 23.9 Å². The Balaban J connectivity index is 1.41. The summed E-state index contributed by atoms with van der Waals surface area (Å²) >= 11 is 0. The van der Waals surface area contributed by atoms with Crippen molar-refractivity contribution in [1.29, 1.82) is 0 Å². The van der Waals surface area contributed by atoms with Gasteiger partial charge in [0, 0.05) is 5.56 Å². The summed E-state index contributed by atoms with van der Waals surface area (Å²) in [4.78, 5) is 34.4. The average molecular weight is 454 g/mol. The minimum atomic E-state index is -0.644. The molecule has 168 valence electrons. The van der Waals surface area contributed by atoms with Gasteiger partial charge in [0.2, 0.25) is 0 Å². The van der Waals surface area contributed by atoms with Gasteiger partial charge in [0.25, 0.3) is 0 Å². The quantitative estimate of drug-likeness (QED) is 0.244. The molecule has 8 heteroatoms. The first-order valence-corrected chi connectivity index (χ1v) is 10.4. The van der Waals surface area contributed by atoms with E-state index in [9.17, 15) is 9.59 Å². The van der Waals surface area contributed by atoms with E-state index in [0.717, 1.165) is 0 Å². The van der Waals surface area contributed by atoms with Crippen LogP contribution in [0.4, 0.5) is 0 Å². The molecule has 0 saturated carbocycles. The molecule has 5 aromatic rings. The Morgan fingerprint density at radius 3 is 2.15 bits per heavy atom. The second-order valence-electron chi connectivity index (χ2n) is 7.31. The van der Waals surface area contributed by atoms with Crippen LogP contribution in [0.2, 0.25) is 0 Å². The molecular formula is C26H18N2O6. The summed E-state index contributed by atoms with van der Waals surface area (Å²) in [6, 6.07) is 18.5. The highest BCUT2D eigenvalue weighted by Gasteiger charge is 2.19. The number of fused-ring (bicyclic) bond motifs is 1. The zero-order chi connectivity index (χ0) is 23.5. The maximum atomic E-state index is 12.6. The van der Waals surface area contributed by atoms with Crippen LogP contribution in [0.15, 0.2) is 88.1 Å². The molecule has 0 spiro atoms. The van der Waals surface area contributed by atoms with Gasteiger partial charge in [-0.05, 0) is 54.6 Å². The van der Waals surface area contributed by atoms with Gasteiger partial charge >= 0.3 is 5.97 Å². The molecule has 2 aromatic carbocycles. The number of hydrogen-bond donors (Lipinski definition) is 0. The van der Waals surface area contributed by atoms with Crippen LogP contribution in [0.25, 0.3) is 33.9 Å². The molecular weight excluding hydrogens is 436 g/mol. The number of esters is 1. The van der Waals surface area contributed by atoms with E-state index in [1.807, 2.05) is 0 Å². The van der Waals surface area contributed by atoms with E-state index in [1.165, 1.54) is 7.11 Å². The number of nitrogens with zero attached hydrogens (tertiary/aromatic N) is 2. The largest absolute Gasteiger partial charge is 0.497 e. The summed E-state index contributed by atoms with van der Waals surface area (Å²) in [5, 5.41) is 0. The fraction of sp³-hybridized carbons (Fsp3) is 0.0769. The van der Waals surface area contributed by atoms with Crippen molar-refractivity contribution in [3.05, 3.63) is 90.4 Å². The van der Waals surface area contributed by atoms with Crippen LogP contribution >= 0.6 is 0 Å². The molecule has 8 nitrogen and oxygen atoms in total. The molecule has 0 N–H and O–H groups in total. The fourth-order valence-electron chi connectivity index (χ4n) is 3.45. The normalized spacial score (nSPS) is 10.9. The Morgan fingerprint density at radius 2 is 1.50 bits per heavy atom. The number of carbonyl (C=O) groups is 2. The highest BCUT2D eigenvalue weighted by molar-refractivity contribution is 6.00.